The summed E-state index contributed by atoms with van der Waals surface area (Å²) < 4.78 is 0. The Morgan fingerprint density at radius 1 is 1.29 bits per heavy atom. The third kappa shape index (κ3) is 7.17. The Kier molecular flexibility index (Phi) is 9.15. The first kappa shape index (κ1) is 20.2. The summed E-state index contributed by atoms with van der Waals surface area (Å²) in [5.41, 5.74) is 1.63. The van der Waals surface area contributed by atoms with Gasteiger partial charge in [-0.3, -0.25) is 4.79 Å². The summed E-state index contributed by atoms with van der Waals surface area (Å²) in [7, 11) is 0. The van der Waals surface area contributed by atoms with Crippen molar-refractivity contribution in [1.82, 2.24) is 16.0 Å². The maximum absolute atomic E-state index is 11.5. The van der Waals surface area contributed by atoms with Gasteiger partial charge in [-0.05, 0) is 37.5 Å². The predicted molar refractivity (Wildman–Crippen MR) is 105 cm³/mol. The highest BCUT2D eigenvalue weighted by molar-refractivity contribution is 14.0. The largest absolute Gasteiger partial charge is 0.357 e. The van der Waals surface area contributed by atoms with Crippen LogP contribution in [0, 0.1) is 17.2 Å². The van der Waals surface area contributed by atoms with Crippen LogP contribution in [0.5, 0.6) is 0 Å². The average molecular weight is 441 g/mol. The lowest BCUT2D eigenvalue weighted by Gasteiger charge is -2.12. The molecule has 0 spiro atoms. The lowest BCUT2D eigenvalue weighted by molar-refractivity contribution is -0.122. The molecule has 0 heterocycles. The molecule has 1 saturated carbocycles. The van der Waals surface area contributed by atoms with Crippen LogP contribution in [0.15, 0.2) is 29.3 Å². The average Bonchev–Trinajstić information content (AvgIpc) is 3.41. The van der Waals surface area contributed by atoms with Crippen molar-refractivity contribution in [2.24, 2.45) is 10.9 Å². The Morgan fingerprint density at radius 2 is 2.04 bits per heavy atom. The first-order valence-electron chi connectivity index (χ1n) is 8.02. The molecule has 1 aliphatic rings. The number of hydrogen-bond donors (Lipinski definition) is 3. The summed E-state index contributed by atoms with van der Waals surface area (Å²) in [5.74, 6) is 1.10. The SMILES string of the molecule is CCNC(=NCc1cccc(C#N)c1)NCCNC(=O)C1CC1.I. The number of hydrogen-bond acceptors (Lipinski definition) is 3. The molecule has 6 nitrogen and oxygen atoms in total. The second-order valence-electron chi connectivity index (χ2n) is 5.50. The van der Waals surface area contributed by atoms with Crippen LogP contribution in [0.25, 0.3) is 0 Å². The molecule has 1 aromatic rings. The van der Waals surface area contributed by atoms with Crippen molar-refractivity contribution in [3.05, 3.63) is 35.4 Å². The summed E-state index contributed by atoms with van der Waals surface area (Å²) >= 11 is 0. The Morgan fingerprint density at radius 3 is 2.71 bits per heavy atom. The quantitative estimate of drug-likeness (QED) is 0.261. The molecule has 130 valence electrons. The number of aliphatic imine (C=N–C) groups is 1. The maximum Gasteiger partial charge on any atom is 0.223 e. The van der Waals surface area contributed by atoms with E-state index in [4.69, 9.17) is 5.26 Å². The number of nitrogens with zero attached hydrogens (tertiary/aromatic N) is 2. The fourth-order valence-corrected chi connectivity index (χ4v) is 2.11. The van der Waals surface area contributed by atoms with Crippen molar-refractivity contribution < 1.29 is 4.79 Å². The van der Waals surface area contributed by atoms with Gasteiger partial charge in [0.25, 0.3) is 0 Å². The zero-order valence-corrected chi connectivity index (χ0v) is 16.2. The Hall–Kier alpha value is -1.82. The molecular weight excluding hydrogens is 417 g/mol. The molecule has 0 unspecified atom stereocenters. The number of benzene rings is 1. The molecule has 1 aromatic carbocycles. The number of rotatable bonds is 7. The highest BCUT2D eigenvalue weighted by Crippen LogP contribution is 2.28. The third-order valence-electron chi connectivity index (χ3n) is 3.48. The normalized spacial score (nSPS) is 13.4. The van der Waals surface area contributed by atoms with E-state index in [-0.39, 0.29) is 35.8 Å². The first-order chi connectivity index (χ1) is 11.2. The van der Waals surface area contributed by atoms with Crippen LogP contribution in [0.3, 0.4) is 0 Å². The molecule has 7 heteroatoms. The molecule has 24 heavy (non-hydrogen) atoms. The van der Waals surface area contributed by atoms with Gasteiger partial charge < -0.3 is 16.0 Å². The van der Waals surface area contributed by atoms with E-state index in [0.29, 0.717) is 31.2 Å². The standard InChI is InChI=1S/C17H23N5O.HI/c1-2-19-17(21-9-8-20-16(23)15-6-7-15)22-12-14-5-3-4-13(10-14)11-18;/h3-5,10,15H,2,6-9,12H2,1H3,(H,20,23)(H2,19,21,22);1H. The van der Waals surface area contributed by atoms with Gasteiger partial charge in [-0.2, -0.15) is 5.26 Å². The predicted octanol–water partition coefficient (Wildman–Crippen LogP) is 1.76. The molecule has 2 rings (SSSR count). The van der Waals surface area contributed by atoms with Crippen molar-refractivity contribution in [3.63, 3.8) is 0 Å². The zero-order valence-electron chi connectivity index (χ0n) is 13.8. The van der Waals surface area contributed by atoms with Crippen molar-refractivity contribution in [2.75, 3.05) is 19.6 Å². The number of carbonyl (C=O) groups excluding carboxylic acids is 1. The van der Waals surface area contributed by atoms with Gasteiger partial charge in [0.2, 0.25) is 5.91 Å². The van der Waals surface area contributed by atoms with Crippen LogP contribution >= 0.6 is 24.0 Å². The van der Waals surface area contributed by atoms with Crippen molar-refractivity contribution in [2.45, 2.75) is 26.3 Å². The molecule has 0 aliphatic heterocycles. The molecule has 0 saturated heterocycles. The summed E-state index contributed by atoms with van der Waals surface area (Å²) in [4.78, 5) is 16.0. The van der Waals surface area contributed by atoms with Crippen molar-refractivity contribution >= 4 is 35.8 Å². The minimum atomic E-state index is 0. The van der Waals surface area contributed by atoms with Crippen LogP contribution in [0.1, 0.15) is 30.9 Å². The van der Waals surface area contributed by atoms with Crippen molar-refractivity contribution in [1.29, 1.82) is 5.26 Å². The fraction of sp³-hybridized carbons (Fsp3) is 0.471. The molecule has 0 bridgehead atoms. The highest BCUT2D eigenvalue weighted by Gasteiger charge is 2.28. The minimum Gasteiger partial charge on any atom is -0.357 e. The minimum absolute atomic E-state index is 0. The molecule has 1 amide bonds. The highest BCUT2D eigenvalue weighted by atomic mass is 127. The molecular formula is C17H24IN5O. The van der Waals surface area contributed by atoms with E-state index < -0.39 is 0 Å². The second-order valence-corrected chi connectivity index (χ2v) is 5.50. The van der Waals surface area contributed by atoms with Gasteiger partial charge in [-0.25, -0.2) is 4.99 Å². The number of amides is 1. The molecule has 0 aromatic heterocycles. The number of nitriles is 1. The third-order valence-corrected chi connectivity index (χ3v) is 3.48. The number of carbonyl (C=O) groups is 1. The van der Waals surface area contributed by atoms with Gasteiger partial charge in [0, 0.05) is 25.6 Å². The van der Waals surface area contributed by atoms with E-state index in [1.807, 2.05) is 25.1 Å². The van der Waals surface area contributed by atoms with Gasteiger partial charge >= 0.3 is 0 Å². The van der Waals surface area contributed by atoms with Gasteiger partial charge in [-0.15, -0.1) is 24.0 Å². The van der Waals surface area contributed by atoms with E-state index in [9.17, 15) is 4.79 Å². The molecule has 1 aliphatic carbocycles. The Balaban J connectivity index is 0.00000288. The molecule has 3 N–H and O–H groups in total. The van der Waals surface area contributed by atoms with Gasteiger partial charge in [0.05, 0.1) is 18.2 Å². The lowest BCUT2D eigenvalue weighted by Crippen LogP contribution is -2.41. The van der Waals surface area contributed by atoms with Gasteiger partial charge in [0.15, 0.2) is 5.96 Å². The summed E-state index contributed by atoms with van der Waals surface area (Å²) in [6.45, 7) is 4.48. The van der Waals surface area contributed by atoms with Crippen LogP contribution in [0.4, 0.5) is 0 Å². The van der Waals surface area contributed by atoms with E-state index in [1.54, 1.807) is 6.07 Å². The monoisotopic (exact) mass is 441 g/mol. The topological polar surface area (TPSA) is 89.3 Å². The molecule has 0 radical (unpaired) electrons. The first-order valence-corrected chi connectivity index (χ1v) is 8.02. The van der Waals surface area contributed by atoms with Crippen molar-refractivity contribution in [3.8, 4) is 6.07 Å². The molecule has 0 atom stereocenters. The Bertz CT molecular complexity index is 607. The van der Waals surface area contributed by atoms with Crippen LogP contribution in [-0.4, -0.2) is 31.5 Å². The van der Waals surface area contributed by atoms with E-state index in [2.05, 4.69) is 27.0 Å². The smallest absolute Gasteiger partial charge is 0.223 e. The summed E-state index contributed by atoms with van der Waals surface area (Å²) in [5, 5.41) is 18.2. The summed E-state index contributed by atoms with van der Waals surface area (Å²) in [6, 6.07) is 9.55. The van der Waals surface area contributed by atoms with Gasteiger partial charge in [-0.1, -0.05) is 12.1 Å². The summed E-state index contributed by atoms with van der Waals surface area (Å²) in [6.07, 6.45) is 2.04. The maximum atomic E-state index is 11.5. The molecule has 1 fully saturated rings. The second kappa shape index (κ2) is 10.9. The number of guanidine groups is 1. The van der Waals surface area contributed by atoms with Crippen LogP contribution in [-0.2, 0) is 11.3 Å². The lowest BCUT2D eigenvalue weighted by atomic mass is 10.1. The van der Waals surface area contributed by atoms with Gasteiger partial charge in [0.1, 0.15) is 0 Å². The Labute approximate surface area is 160 Å². The van der Waals surface area contributed by atoms with Crippen LogP contribution < -0.4 is 16.0 Å². The van der Waals surface area contributed by atoms with E-state index in [1.165, 1.54) is 0 Å². The number of nitrogens with one attached hydrogen (secondary N) is 3. The fourth-order valence-electron chi connectivity index (χ4n) is 2.11. The zero-order chi connectivity index (χ0) is 16.5. The van der Waals surface area contributed by atoms with Crippen LogP contribution in [0.2, 0.25) is 0 Å². The van der Waals surface area contributed by atoms with E-state index in [0.717, 1.165) is 24.9 Å². The number of halogens is 1. The van der Waals surface area contributed by atoms with E-state index >= 15 is 0 Å².